The number of hydrogen-bond donors (Lipinski definition) is 1. The second-order valence-corrected chi connectivity index (χ2v) is 18.0. The number of aliphatic hydroxyl groups is 1. The summed E-state index contributed by atoms with van der Waals surface area (Å²) in [7, 11) is 0. The van der Waals surface area contributed by atoms with Crippen LogP contribution < -0.4 is 4.74 Å². The van der Waals surface area contributed by atoms with Crippen LogP contribution in [0.4, 0.5) is 17.6 Å². The van der Waals surface area contributed by atoms with Crippen molar-refractivity contribution in [3.63, 3.8) is 0 Å². The van der Waals surface area contributed by atoms with Crippen LogP contribution in [0.15, 0.2) is 120 Å². The van der Waals surface area contributed by atoms with Gasteiger partial charge in [-0.15, -0.1) is 22.7 Å². The maximum atomic E-state index is 14.7. The number of esters is 2. The predicted molar refractivity (Wildman–Crippen MR) is 240 cm³/mol. The number of ketones is 3. The fraction of sp³-hybridized carbons (Fsp3) is 0.0784. The number of halogens is 4. The lowest BCUT2D eigenvalue weighted by Gasteiger charge is -2.31. The number of rotatable bonds is 8. The first-order chi connectivity index (χ1) is 32.8. The smallest absolute Gasteiger partial charge is 0.369 e. The van der Waals surface area contributed by atoms with Crippen LogP contribution in [0.1, 0.15) is 69.6 Å². The molecule has 8 aromatic rings. The van der Waals surface area contributed by atoms with E-state index in [0.717, 1.165) is 46.9 Å². The van der Waals surface area contributed by atoms with Gasteiger partial charge in [0, 0.05) is 22.3 Å². The van der Waals surface area contributed by atoms with Crippen molar-refractivity contribution in [3.05, 3.63) is 193 Å². The van der Waals surface area contributed by atoms with Crippen molar-refractivity contribution < 1.29 is 60.9 Å². The number of allylic oxidation sites excluding steroid dienone is 1. The number of benzene rings is 6. The number of aliphatic hydroxyl groups excluding tert-OH is 1. The highest BCUT2D eigenvalue weighted by Crippen LogP contribution is 2.52. The third-order valence-corrected chi connectivity index (χ3v) is 13.9. The highest BCUT2D eigenvalue weighted by molar-refractivity contribution is 7.23. The molecule has 334 valence electrons. The molecule has 2 aromatic heterocycles. The molecule has 11 nitrogen and oxygen atoms in total. The standard InChI is InChI=1S/C51H26F4N2O9S2/c52-35-15-25-11-29-30(12-26(25)16-36(35)53)42(59)33(41(29)58)19-39-56-47-45(67-39)46-48(57-40(68-46)20-34-43(60)31-13-27-17-37(54)38(55)18-28(27)14-32(31)44(34)61)66-51(47,49(62)64-21-23-7-3-1-4-8-23)50(63)65-22-24-9-5-2-6-10-24/h1-20,41,58H,21-22H2/b33-19+. The Balaban J connectivity index is 1.04. The van der Waals surface area contributed by atoms with Crippen LogP contribution in [0.2, 0.25) is 0 Å². The lowest BCUT2D eigenvalue weighted by molar-refractivity contribution is -0.184. The molecule has 17 heteroatoms. The van der Waals surface area contributed by atoms with Gasteiger partial charge in [0.05, 0.1) is 10.5 Å². The molecule has 1 atom stereocenters. The Bertz CT molecular complexity index is 3510. The number of carbonyl (C=O) groups excluding carboxylic acids is 5. The number of nitrogens with zero attached hydrogens (tertiary/aromatic N) is 2. The van der Waals surface area contributed by atoms with E-state index >= 15 is 0 Å². The van der Waals surface area contributed by atoms with E-state index in [0.29, 0.717) is 11.1 Å². The minimum atomic E-state index is -2.81. The van der Waals surface area contributed by atoms with Gasteiger partial charge in [-0.25, -0.2) is 37.1 Å². The molecule has 3 heterocycles. The van der Waals surface area contributed by atoms with Crippen molar-refractivity contribution in [2.24, 2.45) is 0 Å². The number of fused-ring (bicyclic) bond motifs is 7. The summed E-state index contributed by atoms with van der Waals surface area (Å²) in [6.07, 6.45) is 0.902. The zero-order valence-electron chi connectivity index (χ0n) is 34.5. The van der Waals surface area contributed by atoms with E-state index in [-0.39, 0.29) is 99.5 Å². The van der Waals surface area contributed by atoms with Gasteiger partial charge in [-0.1, -0.05) is 60.7 Å². The average molecular weight is 951 g/mol. The lowest BCUT2D eigenvalue weighted by atomic mass is 9.95. The van der Waals surface area contributed by atoms with E-state index in [2.05, 4.69) is 9.97 Å². The molecular weight excluding hydrogens is 925 g/mol. The average Bonchev–Trinajstić information content (AvgIpc) is 4.07. The van der Waals surface area contributed by atoms with Crippen LogP contribution in [0, 0.1) is 23.3 Å². The third-order valence-electron chi connectivity index (χ3n) is 11.7. The first kappa shape index (κ1) is 42.6. The van der Waals surface area contributed by atoms with Crippen molar-refractivity contribution in [1.82, 2.24) is 9.97 Å². The highest BCUT2D eigenvalue weighted by Gasteiger charge is 2.61. The lowest BCUT2D eigenvalue weighted by Crippen LogP contribution is -2.52. The predicted octanol–water partition coefficient (Wildman–Crippen LogP) is 9.98. The number of hydrogen-bond acceptors (Lipinski definition) is 13. The Morgan fingerprint density at radius 3 is 1.62 bits per heavy atom. The van der Waals surface area contributed by atoms with Gasteiger partial charge in [0.15, 0.2) is 40.6 Å². The van der Waals surface area contributed by atoms with Gasteiger partial charge in [-0.3, -0.25) is 14.4 Å². The SMILES string of the molecule is O=C1C(=Cc2nc3c(s2)-c2sc(/C=C4/C(=O)c5cc6cc(F)c(F)cc6cc5C4O)nc2C(C(=O)OCc2ccccc2)(C(=O)OCc2ccccc2)O3)C(=O)c2cc3cc(F)c(F)cc3cc21. The summed E-state index contributed by atoms with van der Waals surface area (Å²) >= 11 is 1.78. The van der Waals surface area contributed by atoms with Gasteiger partial charge >= 0.3 is 17.5 Å². The summed E-state index contributed by atoms with van der Waals surface area (Å²) in [5.74, 6) is -9.42. The van der Waals surface area contributed by atoms with Gasteiger partial charge in [0.1, 0.15) is 39.9 Å². The van der Waals surface area contributed by atoms with Gasteiger partial charge in [-0.2, -0.15) is 0 Å². The fourth-order valence-corrected chi connectivity index (χ4v) is 10.5. The quantitative estimate of drug-likeness (QED) is 0.0508. The summed E-state index contributed by atoms with van der Waals surface area (Å²) in [5, 5.41) is 12.3. The molecule has 0 saturated heterocycles. The van der Waals surface area contributed by atoms with Gasteiger partial charge in [0.2, 0.25) is 5.88 Å². The molecule has 1 N–H and O–H groups in total. The van der Waals surface area contributed by atoms with E-state index in [4.69, 9.17) is 14.2 Å². The van der Waals surface area contributed by atoms with Crippen molar-refractivity contribution in [2.45, 2.75) is 24.9 Å². The van der Waals surface area contributed by atoms with Crippen molar-refractivity contribution in [3.8, 4) is 15.6 Å². The van der Waals surface area contributed by atoms with Crippen molar-refractivity contribution >= 4 is 85.7 Å². The molecule has 0 spiro atoms. The first-order valence-electron chi connectivity index (χ1n) is 20.5. The Morgan fingerprint density at radius 2 is 1.09 bits per heavy atom. The van der Waals surface area contributed by atoms with Crippen LogP contribution in [0.25, 0.3) is 43.5 Å². The van der Waals surface area contributed by atoms with Crippen LogP contribution in [0.5, 0.6) is 5.88 Å². The molecule has 6 aromatic carbocycles. The first-order valence-corrected chi connectivity index (χ1v) is 22.2. The minimum Gasteiger partial charge on any atom is -0.457 e. The van der Waals surface area contributed by atoms with E-state index in [1.54, 1.807) is 60.7 Å². The normalized spacial score (nSPS) is 16.1. The second-order valence-electron chi connectivity index (χ2n) is 15.9. The number of ether oxygens (including phenoxy) is 3. The second kappa shape index (κ2) is 16.1. The molecule has 2 aliphatic carbocycles. The maximum Gasteiger partial charge on any atom is 0.369 e. The summed E-state index contributed by atoms with van der Waals surface area (Å²) in [6.45, 7) is -0.650. The molecule has 0 saturated carbocycles. The van der Waals surface area contributed by atoms with E-state index in [9.17, 15) is 46.6 Å². The molecule has 0 radical (unpaired) electrons. The summed E-state index contributed by atoms with van der Waals surface area (Å²) in [5.41, 5.74) is -2.47. The number of aromatic nitrogens is 2. The zero-order chi connectivity index (χ0) is 47.2. The maximum absolute atomic E-state index is 14.7. The molecule has 0 fully saturated rings. The number of thiazole rings is 2. The number of carbonyl (C=O) groups is 5. The van der Waals surface area contributed by atoms with E-state index < -0.39 is 64.3 Å². The molecule has 1 aliphatic heterocycles. The summed E-state index contributed by atoms with van der Waals surface area (Å²) in [4.78, 5) is 80.4. The minimum absolute atomic E-state index is 0.00305. The Hall–Kier alpha value is -7.99. The third kappa shape index (κ3) is 6.92. The molecule has 3 aliphatic rings. The van der Waals surface area contributed by atoms with Crippen LogP contribution in [-0.4, -0.2) is 44.4 Å². The van der Waals surface area contributed by atoms with Gasteiger partial charge < -0.3 is 19.3 Å². The van der Waals surface area contributed by atoms with E-state index in [1.807, 2.05) is 0 Å². The monoisotopic (exact) mass is 950 g/mol. The van der Waals surface area contributed by atoms with Crippen LogP contribution in [-0.2, 0) is 37.9 Å². The Labute approximate surface area is 388 Å². The number of Topliss-reactive ketones (excluding diaryl/α,β-unsaturated/α-hetero) is 3. The van der Waals surface area contributed by atoms with Gasteiger partial charge in [-0.05, 0) is 98.9 Å². The molecule has 0 amide bonds. The van der Waals surface area contributed by atoms with Crippen molar-refractivity contribution in [2.75, 3.05) is 0 Å². The summed E-state index contributed by atoms with van der Waals surface area (Å²) < 4.78 is 74.6. The van der Waals surface area contributed by atoms with Crippen molar-refractivity contribution in [1.29, 1.82) is 0 Å². The Morgan fingerprint density at radius 1 is 0.618 bits per heavy atom. The topological polar surface area (TPSA) is 159 Å². The molecule has 11 rings (SSSR count). The molecule has 68 heavy (non-hydrogen) atoms. The van der Waals surface area contributed by atoms with Crippen LogP contribution in [0.3, 0.4) is 0 Å². The molecular formula is C51H26F4N2O9S2. The highest BCUT2D eigenvalue weighted by atomic mass is 32.1. The van der Waals surface area contributed by atoms with E-state index in [1.165, 1.54) is 36.4 Å². The largest absolute Gasteiger partial charge is 0.457 e. The molecule has 1 unspecified atom stereocenters. The van der Waals surface area contributed by atoms with Crippen LogP contribution >= 0.6 is 22.7 Å². The van der Waals surface area contributed by atoms with Gasteiger partial charge in [0.25, 0.3) is 0 Å². The zero-order valence-corrected chi connectivity index (χ0v) is 36.1. The molecule has 0 bridgehead atoms. The fourth-order valence-electron chi connectivity index (χ4n) is 8.37. The summed E-state index contributed by atoms with van der Waals surface area (Å²) in [6, 6.07) is 26.2. The Kier molecular flexibility index (Phi) is 10.1.